The number of hydrogen-bond acceptors (Lipinski definition) is 5. The number of piperazine rings is 1. The van der Waals surface area contributed by atoms with Crippen molar-refractivity contribution < 1.29 is 9.59 Å². The standard InChI is InChI=1S/C19H23N5O3/c25-17-6-2-4-10-23(17)11-7-18(26)24-12-9-20-14-16(24)19(27)22-13-15-5-1-3-8-21-15/h1-6,8,10,16,20H,7,9,11-14H2,(H,22,27)/t16-/m1/s1. The SMILES string of the molecule is O=C(NCc1ccccn1)[C@H]1CNCCN1C(=O)CCn1ccccc1=O. The summed E-state index contributed by atoms with van der Waals surface area (Å²) < 4.78 is 1.50. The third-order valence-corrected chi connectivity index (χ3v) is 4.50. The van der Waals surface area contributed by atoms with Crippen molar-refractivity contribution in [3.8, 4) is 0 Å². The molecule has 0 saturated carbocycles. The first kappa shape index (κ1) is 18.8. The van der Waals surface area contributed by atoms with Gasteiger partial charge in [-0.3, -0.25) is 19.4 Å². The molecule has 1 atom stereocenters. The molecular formula is C19H23N5O3. The van der Waals surface area contributed by atoms with Crippen LogP contribution in [0.4, 0.5) is 0 Å². The molecule has 0 bridgehead atoms. The summed E-state index contributed by atoms with van der Waals surface area (Å²) >= 11 is 0. The monoisotopic (exact) mass is 369 g/mol. The molecule has 0 unspecified atom stereocenters. The quantitative estimate of drug-likeness (QED) is 0.732. The Labute approximate surface area is 157 Å². The average molecular weight is 369 g/mol. The molecule has 1 aliphatic heterocycles. The van der Waals surface area contributed by atoms with Crippen molar-refractivity contribution in [2.75, 3.05) is 19.6 Å². The summed E-state index contributed by atoms with van der Waals surface area (Å²) in [4.78, 5) is 42.8. The van der Waals surface area contributed by atoms with Gasteiger partial charge < -0.3 is 20.1 Å². The molecule has 0 radical (unpaired) electrons. The summed E-state index contributed by atoms with van der Waals surface area (Å²) in [5.41, 5.74) is 0.617. The Balaban J connectivity index is 1.58. The Bertz CT molecular complexity index is 836. The summed E-state index contributed by atoms with van der Waals surface area (Å²) in [5.74, 6) is -0.344. The molecule has 3 rings (SSSR count). The van der Waals surface area contributed by atoms with Crippen LogP contribution in [0.3, 0.4) is 0 Å². The summed E-state index contributed by atoms with van der Waals surface area (Å²) in [6, 6.07) is 9.82. The first-order chi connectivity index (χ1) is 13.1. The molecule has 2 N–H and O–H groups in total. The molecule has 142 valence electrons. The first-order valence-corrected chi connectivity index (χ1v) is 8.98. The second-order valence-electron chi connectivity index (χ2n) is 6.33. The number of aromatic nitrogens is 2. The zero-order chi connectivity index (χ0) is 19.1. The molecule has 2 amide bonds. The van der Waals surface area contributed by atoms with Gasteiger partial charge in [0.1, 0.15) is 6.04 Å². The minimum atomic E-state index is -0.567. The molecule has 0 aliphatic carbocycles. The van der Waals surface area contributed by atoms with Gasteiger partial charge in [-0.25, -0.2) is 0 Å². The van der Waals surface area contributed by atoms with Crippen molar-refractivity contribution >= 4 is 11.8 Å². The van der Waals surface area contributed by atoms with Crippen LogP contribution in [0.5, 0.6) is 0 Å². The molecular weight excluding hydrogens is 346 g/mol. The van der Waals surface area contributed by atoms with E-state index in [0.29, 0.717) is 32.7 Å². The van der Waals surface area contributed by atoms with Gasteiger partial charge in [0, 0.05) is 51.1 Å². The Hall–Kier alpha value is -3.00. The zero-order valence-corrected chi connectivity index (χ0v) is 15.0. The molecule has 27 heavy (non-hydrogen) atoms. The van der Waals surface area contributed by atoms with Gasteiger partial charge >= 0.3 is 0 Å². The van der Waals surface area contributed by atoms with E-state index in [1.54, 1.807) is 29.4 Å². The summed E-state index contributed by atoms with van der Waals surface area (Å²) in [6.07, 6.45) is 3.50. The van der Waals surface area contributed by atoms with E-state index in [1.165, 1.54) is 10.6 Å². The van der Waals surface area contributed by atoms with Gasteiger partial charge in [-0.05, 0) is 18.2 Å². The van der Waals surface area contributed by atoms with Crippen LogP contribution >= 0.6 is 0 Å². The van der Waals surface area contributed by atoms with Crippen molar-refractivity contribution in [1.29, 1.82) is 0 Å². The lowest BCUT2D eigenvalue weighted by molar-refractivity contribution is -0.141. The fourth-order valence-corrected chi connectivity index (χ4v) is 3.04. The predicted octanol–water partition coefficient (Wildman–Crippen LogP) is -0.250. The Morgan fingerprint density at radius 1 is 1.22 bits per heavy atom. The molecule has 1 saturated heterocycles. The second-order valence-corrected chi connectivity index (χ2v) is 6.33. The van der Waals surface area contributed by atoms with Crippen molar-refractivity contribution in [2.45, 2.75) is 25.6 Å². The second kappa shape index (κ2) is 9.09. The van der Waals surface area contributed by atoms with Gasteiger partial charge in [0.05, 0.1) is 12.2 Å². The topological polar surface area (TPSA) is 96.3 Å². The number of nitrogens with one attached hydrogen (secondary N) is 2. The smallest absolute Gasteiger partial charge is 0.250 e. The van der Waals surface area contributed by atoms with Gasteiger partial charge in [-0.2, -0.15) is 0 Å². The zero-order valence-electron chi connectivity index (χ0n) is 15.0. The van der Waals surface area contributed by atoms with E-state index in [4.69, 9.17) is 0 Å². The lowest BCUT2D eigenvalue weighted by atomic mass is 10.1. The van der Waals surface area contributed by atoms with Crippen molar-refractivity contribution in [1.82, 2.24) is 25.1 Å². The van der Waals surface area contributed by atoms with E-state index in [1.807, 2.05) is 18.2 Å². The molecule has 1 fully saturated rings. The van der Waals surface area contributed by atoms with Gasteiger partial charge in [0.25, 0.3) is 5.56 Å². The van der Waals surface area contributed by atoms with Crippen molar-refractivity contribution in [3.05, 3.63) is 64.8 Å². The van der Waals surface area contributed by atoms with Gasteiger partial charge in [0.15, 0.2) is 0 Å². The minimum Gasteiger partial charge on any atom is -0.349 e. The maximum absolute atomic E-state index is 12.7. The fraction of sp³-hybridized carbons (Fsp3) is 0.368. The number of rotatable bonds is 6. The number of carbonyl (C=O) groups is 2. The largest absolute Gasteiger partial charge is 0.349 e. The highest BCUT2D eigenvalue weighted by Crippen LogP contribution is 2.07. The summed E-state index contributed by atoms with van der Waals surface area (Å²) in [7, 11) is 0. The molecule has 0 aromatic carbocycles. The number of pyridine rings is 2. The van der Waals surface area contributed by atoms with Crippen LogP contribution in [0.25, 0.3) is 0 Å². The Morgan fingerprint density at radius 3 is 2.85 bits per heavy atom. The first-order valence-electron chi connectivity index (χ1n) is 8.98. The predicted molar refractivity (Wildman–Crippen MR) is 99.8 cm³/mol. The Morgan fingerprint density at radius 2 is 2.07 bits per heavy atom. The number of carbonyl (C=O) groups excluding carboxylic acids is 2. The van der Waals surface area contributed by atoms with E-state index >= 15 is 0 Å². The van der Waals surface area contributed by atoms with Crippen LogP contribution in [0.15, 0.2) is 53.6 Å². The fourth-order valence-electron chi connectivity index (χ4n) is 3.04. The van der Waals surface area contributed by atoms with Crippen LogP contribution in [0.1, 0.15) is 12.1 Å². The van der Waals surface area contributed by atoms with Crippen molar-refractivity contribution in [2.24, 2.45) is 0 Å². The minimum absolute atomic E-state index is 0.134. The van der Waals surface area contributed by atoms with Gasteiger partial charge in [-0.1, -0.05) is 12.1 Å². The number of aryl methyl sites for hydroxylation is 1. The summed E-state index contributed by atoms with van der Waals surface area (Å²) in [5, 5.41) is 6.00. The molecule has 1 aliphatic rings. The van der Waals surface area contributed by atoms with E-state index in [2.05, 4.69) is 15.6 Å². The number of hydrogen-bond donors (Lipinski definition) is 2. The van der Waals surface area contributed by atoms with Crippen LogP contribution in [0, 0.1) is 0 Å². The maximum atomic E-state index is 12.7. The Kier molecular flexibility index (Phi) is 6.32. The summed E-state index contributed by atoms with van der Waals surface area (Å²) in [6.45, 7) is 2.12. The van der Waals surface area contributed by atoms with E-state index in [-0.39, 0.29) is 23.8 Å². The maximum Gasteiger partial charge on any atom is 0.250 e. The highest BCUT2D eigenvalue weighted by atomic mass is 16.2. The van der Waals surface area contributed by atoms with Crippen LogP contribution in [-0.4, -0.2) is 51.9 Å². The van der Waals surface area contributed by atoms with E-state index in [9.17, 15) is 14.4 Å². The molecule has 8 heteroatoms. The molecule has 8 nitrogen and oxygen atoms in total. The van der Waals surface area contributed by atoms with Crippen LogP contribution in [0.2, 0.25) is 0 Å². The van der Waals surface area contributed by atoms with Gasteiger partial charge in [0.2, 0.25) is 11.8 Å². The molecule has 2 aromatic heterocycles. The highest BCUT2D eigenvalue weighted by Gasteiger charge is 2.31. The highest BCUT2D eigenvalue weighted by molar-refractivity contribution is 5.88. The molecule has 2 aromatic rings. The lowest BCUT2D eigenvalue weighted by Gasteiger charge is -2.35. The van der Waals surface area contributed by atoms with Gasteiger partial charge in [-0.15, -0.1) is 0 Å². The van der Waals surface area contributed by atoms with E-state index < -0.39 is 6.04 Å². The number of amides is 2. The number of nitrogens with zero attached hydrogens (tertiary/aromatic N) is 3. The van der Waals surface area contributed by atoms with E-state index in [0.717, 1.165) is 5.69 Å². The third kappa shape index (κ3) is 5.01. The third-order valence-electron chi connectivity index (χ3n) is 4.50. The van der Waals surface area contributed by atoms with Crippen LogP contribution < -0.4 is 16.2 Å². The van der Waals surface area contributed by atoms with Crippen LogP contribution in [-0.2, 0) is 22.7 Å². The lowest BCUT2D eigenvalue weighted by Crippen LogP contribution is -2.59. The molecule has 3 heterocycles. The van der Waals surface area contributed by atoms with Crippen molar-refractivity contribution in [3.63, 3.8) is 0 Å². The average Bonchev–Trinajstić information content (AvgIpc) is 2.72. The normalized spacial score (nSPS) is 16.7. The molecule has 0 spiro atoms.